The molecule has 1 amide bonds. The summed E-state index contributed by atoms with van der Waals surface area (Å²) in [6.07, 6.45) is 4.19. The van der Waals surface area contributed by atoms with E-state index in [1.54, 1.807) is 23.9 Å². The fourth-order valence-corrected chi connectivity index (χ4v) is 4.62. The molecule has 0 atom stereocenters. The van der Waals surface area contributed by atoms with Crippen LogP contribution in [0.4, 0.5) is 0 Å². The van der Waals surface area contributed by atoms with Gasteiger partial charge in [0.25, 0.3) is 5.91 Å². The lowest BCUT2D eigenvalue weighted by Crippen LogP contribution is -2.45. The Hall–Kier alpha value is -2.38. The van der Waals surface area contributed by atoms with Gasteiger partial charge in [-0.3, -0.25) is 10.2 Å². The normalized spacial score (nSPS) is 14.4. The SMILES string of the molecule is COCCc1ccc(-c2c(C)c(C(=O)NN3CCCCC3)nn2-c2ccc(Cl)cc2Cl)cc1. The highest BCUT2D eigenvalue weighted by atomic mass is 35.5. The minimum atomic E-state index is -0.212. The molecule has 4 rings (SSSR count). The number of hydrogen-bond acceptors (Lipinski definition) is 4. The number of hydrazine groups is 1. The fourth-order valence-electron chi connectivity index (χ4n) is 4.13. The van der Waals surface area contributed by atoms with Gasteiger partial charge < -0.3 is 4.74 Å². The Labute approximate surface area is 204 Å². The zero-order valence-electron chi connectivity index (χ0n) is 18.9. The monoisotopic (exact) mass is 486 g/mol. The molecule has 0 spiro atoms. The van der Waals surface area contributed by atoms with Crippen LogP contribution in [0, 0.1) is 6.92 Å². The van der Waals surface area contributed by atoms with E-state index < -0.39 is 0 Å². The zero-order valence-corrected chi connectivity index (χ0v) is 20.4. The Bertz CT molecular complexity index is 1120. The third-order valence-corrected chi connectivity index (χ3v) is 6.45. The number of hydrogen-bond donors (Lipinski definition) is 1. The molecule has 2 aromatic carbocycles. The maximum absolute atomic E-state index is 13.2. The van der Waals surface area contributed by atoms with Crippen molar-refractivity contribution in [2.45, 2.75) is 32.6 Å². The van der Waals surface area contributed by atoms with Crippen LogP contribution in [0.1, 0.15) is 40.9 Å². The fraction of sp³-hybridized carbons (Fsp3) is 0.360. The average Bonchev–Trinajstić information content (AvgIpc) is 3.15. The highest BCUT2D eigenvalue weighted by molar-refractivity contribution is 6.35. The number of piperidine rings is 1. The molecule has 1 saturated heterocycles. The van der Waals surface area contributed by atoms with Gasteiger partial charge in [0.05, 0.1) is 23.0 Å². The molecule has 0 aliphatic carbocycles. The molecule has 2 heterocycles. The Morgan fingerprint density at radius 2 is 1.82 bits per heavy atom. The first-order valence-corrected chi connectivity index (χ1v) is 11.9. The van der Waals surface area contributed by atoms with Gasteiger partial charge in [0, 0.05) is 36.3 Å². The lowest BCUT2D eigenvalue weighted by atomic mass is 10.0. The number of nitrogens with one attached hydrogen (secondary N) is 1. The van der Waals surface area contributed by atoms with Crippen molar-refractivity contribution in [3.8, 4) is 16.9 Å². The molecular weight excluding hydrogens is 459 g/mol. The van der Waals surface area contributed by atoms with Gasteiger partial charge in [-0.05, 0) is 49.9 Å². The standard InChI is InChI=1S/C25H28Cl2N4O2/c1-17-23(25(32)29-30-13-4-3-5-14-30)28-31(22-11-10-20(26)16-21(22)27)24(17)19-8-6-18(7-9-19)12-15-33-2/h6-11,16H,3-5,12-15H2,1-2H3,(H,29,32). The summed E-state index contributed by atoms with van der Waals surface area (Å²) in [5.41, 5.74) is 7.81. The van der Waals surface area contributed by atoms with Crippen LogP contribution in [0.15, 0.2) is 42.5 Å². The number of halogens is 2. The van der Waals surface area contributed by atoms with Crippen molar-refractivity contribution in [2.75, 3.05) is 26.8 Å². The third kappa shape index (κ3) is 5.41. The smallest absolute Gasteiger partial charge is 0.286 e. The van der Waals surface area contributed by atoms with Crippen LogP contribution in [0.25, 0.3) is 16.9 Å². The van der Waals surface area contributed by atoms with Gasteiger partial charge in [-0.15, -0.1) is 0 Å². The molecule has 0 radical (unpaired) electrons. The van der Waals surface area contributed by atoms with Gasteiger partial charge in [-0.1, -0.05) is 53.9 Å². The largest absolute Gasteiger partial charge is 0.384 e. The number of benzene rings is 2. The summed E-state index contributed by atoms with van der Waals surface area (Å²) in [6.45, 7) is 4.29. The van der Waals surface area contributed by atoms with E-state index in [2.05, 4.69) is 17.6 Å². The first-order chi connectivity index (χ1) is 16.0. The molecule has 1 N–H and O–H groups in total. The number of ether oxygens (including phenoxy) is 1. The van der Waals surface area contributed by atoms with E-state index in [0.29, 0.717) is 28.0 Å². The van der Waals surface area contributed by atoms with E-state index in [9.17, 15) is 4.79 Å². The number of amides is 1. The minimum Gasteiger partial charge on any atom is -0.384 e. The molecule has 0 saturated carbocycles. The predicted octanol–water partition coefficient (Wildman–Crippen LogP) is 5.47. The molecule has 8 heteroatoms. The highest BCUT2D eigenvalue weighted by Crippen LogP contribution is 2.33. The second-order valence-corrected chi connectivity index (χ2v) is 9.10. The van der Waals surface area contributed by atoms with Crippen molar-refractivity contribution in [2.24, 2.45) is 0 Å². The molecule has 33 heavy (non-hydrogen) atoms. The Balaban J connectivity index is 1.75. The summed E-state index contributed by atoms with van der Waals surface area (Å²) >= 11 is 12.7. The Morgan fingerprint density at radius 3 is 2.48 bits per heavy atom. The van der Waals surface area contributed by atoms with Crippen LogP contribution in [0.2, 0.25) is 10.0 Å². The van der Waals surface area contributed by atoms with Gasteiger partial charge in [-0.25, -0.2) is 9.69 Å². The van der Waals surface area contributed by atoms with Crippen molar-refractivity contribution in [1.29, 1.82) is 0 Å². The van der Waals surface area contributed by atoms with Gasteiger partial charge in [0.2, 0.25) is 0 Å². The Kier molecular flexibility index (Phi) is 7.71. The van der Waals surface area contributed by atoms with Crippen molar-refractivity contribution in [3.05, 3.63) is 69.3 Å². The first-order valence-electron chi connectivity index (χ1n) is 11.2. The van der Waals surface area contributed by atoms with E-state index in [1.165, 1.54) is 12.0 Å². The lowest BCUT2D eigenvalue weighted by Gasteiger charge is -2.26. The number of nitrogens with zero attached hydrogens (tertiary/aromatic N) is 3. The number of carbonyl (C=O) groups excluding carboxylic acids is 1. The third-order valence-electron chi connectivity index (χ3n) is 5.91. The molecule has 174 valence electrons. The van der Waals surface area contributed by atoms with Gasteiger partial charge in [0.15, 0.2) is 5.69 Å². The van der Waals surface area contributed by atoms with Crippen molar-refractivity contribution in [1.82, 2.24) is 20.2 Å². The molecule has 1 fully saturated rings. The minimum absolute atomic E-state index is 0.212. The summed E-state index contributed by atoms with van der Waals surface area (Å²) in [4.78, 5) is 13.2. The van der Waals surface area contributed by atoms with Crippen molar-refractivity contribution < 1.29 is 9.53 Å². The van der Waals surface area contributed by atoms with Crippen molar-refractivity contribution in [3.63, 3.8) is 0 Å². The summed E-state index contributed by atoms with van der Waals surface area (Å²) in [6, 6.07) is 13.5. The topological polar surface area (TPSA) is 59.4 Å². The van der Waals surface area contributed by atoms with Gasteiger partial charge in [-0.2, -0.15) is 5.10 Å². The molecular formula is C25H28Cl2N4O2. The van der Waals surface area contributed by atoms with Gasteiger partial charge in [0.1, 0.15) is 0 Å². The van der Waals surface area contributed by atoms with E-state index >= 15 is 0 Å². The van der Waals surface area contributed by atoms with E-state index in [-0.39, 0.29) is 5.91 Å². The number of methoxy groups -OCH3 is 1. The van der Waals surface area contributed by atoms with Gasteiger partial charge >= 0.3 is 0 Å². The number of carbonyl (C=O) groups is 1. The molecule has 0 unspecified atom stereocenters. The maximum Gasteiger partial charge on any atom is 0.286 e. The number of aromatic nitrogens is 2. The predicted molar refractivity (Wildman–Crippen MR) is 132 cm³/mol. The quantitative estimate of drug-likeness (QED) is 0.480. The molecule has 1 aliphatic rings. The molecule has 6 nitrogen and oxygen atoms in total. The van der Waals surface area contributed by atoms with Crippen LogP contribution >= 0.6 is 23.2 Å². The van der Waals surface area contributed by atoms with Crippen LogP contribution < -0.4 is 5.43 Å². The van der Waals surface area contributed by atoms with E-state index in [0.717, 1.165) is 49.2 Å². The Morgan fingerprint density at radius 1 is 1.09 bits per heavy atom. The second-order valence-electron chi connectivity index (χ2n) is 8.26. The second kappa shape index (κ2) is 10.7. The summed E-state index contributed by atoms with van der Waals surface area (Å²) in [5.74, 6) is -0.212. The average molecular weight is 487 g/mol. The summed E-state index contributed by atoms with van der Waals surface area (Å²) in [7, 11) is 1.70. The molecule has 3 aromatic rings. The van der Waals surface area contributed by atoms with E-state index in [1.807, 2.05) is 30.1 Å². The zero-order chi connectivity index (χ0) is 23.4. The summed E-state index contributed by atoms with van der Waals surface area (Å²) < 4.78 is 6.92. The summed E-state index contributed by atoms with van der Waals surface area (Å²) in [5, 5.41) is 7.70. The van der Waals surface area contributed by atoms with E-state index in [4.69, 9.17) is 33.0 Å². The lowest BCUT2D eigenvalue weighted by molar-refractivity contribution is 0.0743. The maximum atomic E-state index is 13.2. The van der Waals surface area contributed by atoms with Crippen LogP contribution in [-0.2, 0) is 11.2 Å². The molecule has 1 aromatic heterocycles. The van der Waals surface area contributed by atoms with Crippen LogP contribution in [0.3, 0.4) is 0 Å². The van der Waals surface area contributed by atoms with Crippen molar-refractivity contribution >= 4 is 29.1 Å². The number of rotatable bonds is 7. The molecule has 0 bridgehead atoms. The van der Waals surface area contributed by atoms with Crippen LogP contribution in [0.5, 0.6) is 0 Å². The first kappa shape index (κ1) is 23.8. The highest BCUT2D eigenvalue weighted by Gasteiger charge is 2.24. The molecule has 1 aliphatic heterocycles. The van der Waals surface area contributed by atoms with Crippen LogP contribution in [-0.4, -0.2) is 47.5 Å².